The summed E-state index contributed by atoms with van der Waals surface area (Å²) in [6, 6.07) is 0. The highest BCUT2D eigenvalue weighted by atomic mass is 19.3. The zero-order valence-corrected chi connectivity index (χ0v) is 20.2. The van der Waals surface area contributed by atoms with Crippen LogP contribution < -0.4 is 0 Å². The van der Waals surface area contributed by atoms with Crippen molar-refractivity contribution in [1.29, 1.82) is 0 Å². The molecule has 0 aromatic heterocycles. The van der Waals surface area contributed by atoms with Gasteiger partial charge >= 0.3 is 6.61 Å². The number of likely N-dealkylation sites (tertiary alicyclic amines) is 1. The van der Waals surface area contributed by atoms with Crippen molar-refractivity contribution < 1.29 is 23.7 Å². The van der Waals surface area contributed by atoms with Crippen LogP contribution in [0.25, 0.3) is 0 Å². The number of fused-ring (bicyclic) bond motifs is 1. The van der Waals surface area contributed by atoms with Gasteiger partial charge in [-0.15, -0.1) is 0 Å². The number of nitrogens with zero attached hydrogens (tertiary/aromatic N) is 1. The Morgan fingerprint density at radius 3 is 2.55 bits per heavy atom. The molecule has 0 aromatic carbocycles. The zero-order valence-electron chi connectivity index (χ0n) is 20.2. The number of aliphatic hydroxyl groups excluding tert-OH is 2. The van der Waals surface area contributed by atoms with Crippen molar-refractivity contribution in [2.75, 3.05) is 19.6 Å². The van der Waals surface area contributed by atoms with Crippen molar-refractivity contribution in [1.82, 2.24) is 4.90 Å². The number of rotatable bonds is 7. The Balaban J connectivity index is 1.34. The quantitative estimate of drug-likeness (QED) is 0.515. The number of alkyl halides is 2. The van der Waals surface area contributed by atoms with Gasteiger partial charge in [-0.05, 0) is 86.7 Å². The zero-order chi connectivity index (χ0) is 23.8. The second kappa shape index (κ2) is 10.3. The van der Waals surface area contributed by atoms with Gasteiger partial charge in [0, 0.05) is 13.1 Å². The molecule has 33 heavy (non-hydrogen) atoms. The molecule has 0 spiro atoms. The molecule has 0 aromatic rings. The van der Waals surface area contributed by atoms with Gasteiger partial charge in [-0.2, -0.15) is 8.78 Å². The van der Waals surface area contributed by atoms with Crippen LogP contribution in [-0.2, 0) is 4.74 Å². The van der Waals surface area contributed by atoms with Gasteiger partial charge in [0.05, 0.1) is 18.3 Å². The smallest absolute Gasteiger partial charge is 0.345 e. The first-order chi connectivity index (χ1) is 15.7. The maximum Gasteiger partial charge on any atom is 0.345 e. The highest BCUT2D eigenvalue weighted by Crippen LogP contribution is 2.59. The predicted molar refractivity (Wildman–Crippen MR) is 126 cm³/mol. The molecule has 4 fully saturated rings. The molecule has 6 heteroatoms. The first-order valence-electron chi connectivity index (χ1n) is 12.8. The molecule has 3 saturated carbocycles. The molecule has 1 aliphatic heterocycles. The fourth-order valence-electron chi connectivity index (χ4n) is 7.16. The molecule has 186 valence electrons. The average molecular weight is 466 g/mol. The van der Waals surface area contributed by atoms with Gasteiger partial charge in [0.25, 0.3) is 0 Å². The van der Waals surface area contributed by atoms with Crippen LogP contribution in [0.3, 0.4) is 0 Å². The van der Waals surface area contributed by atoms with Crippen molar-refractivity contribution in [3.63, 3.8) is 0 Å². The number of aliphatic hydroxyl groups is 2. The maximum absolute atomic E-state index is 12.3. The SMILES string of the molecule is C=C1[C@H](O)CC(=C/C=C2\CCC[C@]3(C)[C@@H]([C@H](C)CCN4CC(OC(F)F)C4)CC[C@@H]23)C[C@H]1O. The van der Waals surface area contributed by atoms with Crippen molar-refractivity contribution in [3.05, 3.63) is 35.5 Å². The molecule has 0 amide bonds. The Morgan fingerprint density at radius 2 is 1.88 bits per heavy atom. The minimum absolute atomic E-state index is 0.307. The Bertz CT molecular complexity index is 759. The van der Waals surface area contributed by atoms with Gasteiger partial charge in [0.15, 0.2) is 0 Å². The Hall–Kier alpha value is -1.08. The van der Waals surface area contributed by atoms with Gasteiger partial charge in [0.1, 0.15) is 0 Å². The highest BCUT2D eigenvalue weighted by molar-refractivity contribution is 5.29. The summed E-state index contributed by atoms with van der Waals surface area (Å²) in [5.74, 6) is 1.91. The topological polar surface area (TPSA) is 52.9 Å². The van der Waals surface area contributed by atoms with Gasteiger partial charge in [0.2, 0.25) is 0 Å². The molecular weight excluding hydrogens is 424 g/mol. The van der Waals surface area contributed by atoms with Crippen LogP contribution in [0.4, 0.5) is 8.78 Å². The van der Waals surface area contributed by atoms with Gasteiger partial charge in [-0.25, -0.2) is 0 Å². The van der Waals surface area contributed by atoms with Crippen LogP contribution in [0, 0.1) is 23.2 Å². The standard InChI is InChI=1S/C27H41F2NO3/c1-17(10-12-30-15-21(16-30)33-26(28)29)22-8-9-23-20(5-4-11-27(22,23)3)7-6-19-13-24(31)18(2)25(32)14-19/h6-7,17,21-26,31-32H,2,4-5,8-16H2,1,3H3/b20-7+/t17-,22-,23+,24-,25-,27-/m1/s1. The van der Waals surface area contributed by atoms with Crippen molar-refractivity contribution in [3.8, 4) is 0 Å². The van der Waals surface area contributed by atoms with Crippen LogP contribution in [0.1, 0.15) is 65.2 Å². The lowest BCUT2D eigenvalue weighted by Gasteiger charge is -2.45. The summed E-state index contributed by atoms with van der Waals surface area (Å²) >= 11 is 0. The van der Waals surface area contributed by atoms with Crippen molar-refractivity contribution >= 4 is 0 Å². The van der Waals surface area contributed by atoms with E-state index in [9.17, 15) is 19.0 Å². The summed E-state index contributed by atoms with van der Waals surface area (Å²) in [7, 11) is 0. The number of hydrogen-bond donors (Lipinski definition) is 2. The van der Waals surface area contributed by atoms with Gasteiger partial charge in [-0.3, -0.25) is 4.90 Å². The third-order valence-corrected chi connectivity index (χ3v) is 9.14. The van der Waals surface area contributed by atoms with Crippen LogP contribution in [0.15, 0.2) is 35.5 Å². The highest BCUT2D eigenvalue weighted by Gasteiger charge is 2.50. The molecule has 1 heterocycles. The molecule has 0 unspecified atom stereocenters. The Kier molecular flexibility index (Phi) is 7.79. The lowest BCUT2D eigenvalue weighted by atomic mass is 9.61. The fraction of sp³-hybridized carbons (Fsp3) is 0.778. The molecule has 2 N–H and O–H groups in total. The van der Waals surface area contributed by atoms with E-state index >= 15 is 0 Å². The summed E-state index contributed by atoms with van der Waals surface area (Å²) in [6.45, 7) is 8.22. The van der Waals surface area contributed by atoms with Crippen LogP contribution in [0.2, 0.25) is 0 Å². The number of ether oxygens (including phenoxy) is 1. The molecule has 4 aliphatic rings. The normalized spacial score (nSPS) is 38.0. The molecule has 0 radical (unpaired) electrons. The van der Waals surface area contributed by atoms with E-state index in [-0.39, 0.29) is 6.10 Å². The monoisotopic (exact) mass is 465 g/mol. The minimum atomic E-state index is -2.66. The Labute approximate surface area is 197 Å². The van der Waals surface area contributed by atoms with Gasteiger partial charge in [-0.1, -0.05) is 43.7 Å². The lowest BCUT2D eigenvalue weighted by Crippen LogP contribution is -2.53. The maximum atomic E-state index is 12.3. The summed E-state index contributed by atoms with van der Waals surface area (Å²) < 4.78 is 29.2. The third kappa shape index (κ3) is 5.44. The molecule has 3 aliphatic carbocycles. The van der Waals surface area contributed by atoms with E-state index in [0.29, 0.717) is 54.7 Å². The van der Waals surface area contributed by atoms with Crippen LogP contribution in [-0.4, -0.2) is 59.7 Å². The van der Waals surface area contributed by atoms with E-state index in [1.807, 2.05) is 0 Å². The summed E-state index contributed by atoms with van der Waals surface area (Å²) in [5, 5.41) is 20.3. The average Bonchev–Trinajstić information content (AvgIpc) is 3.09. The second-order valence-corrected chi connectivity index (χ2v) is 11.2. The number of hydrogen-bond acceptors (Lipinski definition) is 4. The van der Waals surface area contributed by atoms with E-state index in [2.05, 4.69) is 42.2 Å². The predicted octanol–water partition coefficient (Wildman–Crippen LogP) is 5.08. The van der Waals surface area contributed by atoms with E-state index < -0.39 is 18.8 Å². The summed E-state index contributed by atoms with van der Waals surface area (Å²) in [4.78, 5) is 2.23. The molecular formula is C27H41F2NO3. The number of allylic oxidation sites excluding steroid dienone is 3. The molecule has 4 rings (SSSR count). The van der Waals surface area contributed by atoms with Crippen molar-refractivity contribution in [2.45, 2.75) is 90.1 Å². The molecule has 1 saturated heterocycles. The van der Waals surface area contributed by atoms with E-state index in [4.69, 9.17) is 0 Å². The third-order valence-electron chi connectivity index (χ3n) is 9.14. The molecule has 0 bridgehead atoms. The largest absolute Gasteiger partial charge is 0.388 e. The van der Waals surface area contributed by atoms with Gasteiger partial charge < -0.3 is 14.9 Å². The second-order valence-electron chi connectivity index (χ2n) is 11.2. The van der Waals surface area contributed by atoms with E-state index in [0.717, 1.165) is 25.0 Å². The van der Waals surface area contributed by atoms with Crippen LogP contribution >= 0.6 is 0 Å². The Morgan fingerprint density at radius 1 is 1.18 bits per heavy atom. The first-order valence-corrected chi connectivity index (χ1v) is 12.8. The molecule has 4 nitrogen and oxygen atoms in total. The first kappa shape index (κ1) is 25.0. The van der Waals surface area contributed by atoms with E-state index in [1.165, 1.54) is 31.3 Å². The van der Waals surface area contributed by atoms with E-state index in [1.54, 1.807) is 0 Å². The summed E-state index contributed by atoms with van der Waals surface area (Å²) in [5.41, 5.74) is 3.49. The minimum Gasteiger partial charge on any atom is -0.388 e. The number of halogens is 2. The lowest BCUT2D eigenvalue weighted by molar-refractivity contribution is -0.196. The summed E-state index contributed by atoms with van der Waals surface area (Å²) in [6.07, 6.45) is 11.2. The van der Waals surface area contributed by atoms with Crippen LogP contribution in [0.5, 0.6) is 0 Å². The molecule has 6 atom stereocenters. The fourth-order valence-corrected chi connectivity index (χ4v) is 7.16. The van der Waals surface area contributed by atoms with Crippen molar-refractivity contribution in [2.24, 2.45) is 23.2 Å².